The van der Waals surface area contributed by atoms with E-state index in [1.807, 2.05) is 40.9 Å². The number of pyridine rings is 1. The van der Waals surface area contributed by atoms with Crippen molar-refractivity contribution < 1.29 is 4.42 Å². The van der Waals surface area contributed by atoms with Crippen molar-refractivity contribution in [2.75, 3.05) is 13.1 Å². The highest BCUT2D eigenvalue weighted by atomic mass is 16.3. The molecule has 0 aromatic carbocycles. The van der Waals surface area contributed by atoms with E-state index in [-0.39, 0.29) is 0 Å². The molecule has 0 saturated carbocycles. The predicted octanol–water partition coefficient (Wildman–Crippen LogP) is 2.01. The Morgan fingerprint density at radius 2 is 2.08 bits per heavy atom. The third-order valence-electron chi connectivity index (χ3n) is 3.55. The molecule has 2 N–H and O–H groups in total. The van der Waals surface area contributed by atoms with Crippen LogP contribution in [0.3, 0.4) is 0 Å². The van der Waals surface area contributed by atoms with Crippen LogP contribution < -0.4 is 10.6 Å². The Labute approximate surface area is 140 Å². The van der Waals surface area contributed by atoms with Gasteiger partial charge in [-0.05, 0) is 30.7 Å². The zero-order valence-corrected chi connectivity index (χ0v) is 13.8. The van der Waals surface area contributed by atoms with Gasteiger partial charge < -0.3 is 15.1 Å². The van der Waals surface area contributed by atoms with Crippen molar-refractivity contribution in [2.45, 2.75) is 26.3 Å². The fourth-order valence-electron chi connectivity index (χ4n) is 2.33. The Kier molecular flexibility index (Phi) is 5.44. The molecular formula is C17H22N6O. The first kappa shape index (κ1) is 16.0. The van der Waals surface area contributed by atoms with Crippen molar-refractivity contribution in [3.8, 4) is 0 Å². The molecule has 7 heteroatoms. The highest BCUT2D eigenvalue weighted by Crippen LogP contribution is 2.04. The van der Waals surface area contributed by atoms with Crippen LogP contribution >= 0.6 is 0 Å². The van der Waals surface area contributed by atoms with Gasteiger partial charge in [0.1, 0.15) is 12.3 Å². The molecule has 0 aliphatic rings. The van der Waals surface area contributed by atoms with E-state index in [1.165, 1.54) is 0 Å². The van der Waals surface area contributed by atoms with E-state index in [0.29, 0.717) is 6.54 Å². The molecule has 0 radical (unpaired) electrons. The molecule has 0 aliphatic heterocycles. The quantitative estimate of drug-likeness (QED) is 0.513. The normalized spacial score (nSPS) is 11.8. The maximum atomic E-state index is 5.34. The molecule has 0 atom stereocenters. The zero-order chi connectivity index (χ0) is 16.6. The molecule has 0 fully saturated rings. The van der Waals surface area contributed by atoms with Gasteiger partial charge in [0, 0.05) is 25.7 Å². The maximum absolute atomic E-state index is 5.34. The molecule has 0 bridgehead atoms. The summed E-state index contributed by atoms with van der Waals surface area (Å²) < 4.78 is 7.29. The summed E-state index contributed by atoms with van der Waals surface area (Å²) in [6, 6.07) is 9.71. The summed E-state index contributed by atoms with van der Waals surface area (Å²) in [7, 11) is 0. The van der Waals surface area contributed by atoms with E-state index in [9.17, 15) is 0 Å². The minimum atomic E-state index is 0.463. The van der Waals surface area contributed by atoms with Crippen LogP contribution in [0.4, 0.5) is 0 Å². The minimum absolute atomic E-state index is 0.463. The summed E-state index contributed by atoms with van der Waals surface area (Å²) in [4.78, 5) is 4.61. The Balaban J connectivity index is 1.62. The van der Waals surface area contributed by atoms with Crippen LogP contribution in [0.25, 0.3) is 5.65 Å². The van der Waals surface area contributed by atoms with Crippen LogP contribution in [-0.4, -0.2) is 33.6 Å². The highest BCUT2D eigenvalue weighted by molar-refractivity contribution is 5.79. The zero-order valence-electron chi connectivity index (χ0n) is 13.8. The molecule has 126 valence electrons. The molecule has 0 unspecified atom stereocenters. The summed E-state index contributed by atoms with van der Waals surface area (Å²) in [5, 5.41) is 15.0. The van der Waals surface area contributed by atoms with Crippen molar-refractivity contribution in [1.29, 1.82) is 0 Å². The summed E-state index contributed by atoms with van der Waals surface area (Å²) in [6.07, 6.45) is 5.49. The first-order chi connectivity index (χ1) is 11.9. The fraction of sp³-hybridized carbons (Fsp3) is 0.353. The average Bonchev–Trinajstić information content (AvgIpc) is 3.26. The lowest BCUT2D eigenvalue weighted by molar-refractivity contribution is 0.506. The van der Waals surface area contributed by atoms with Gasteiger partial charge in [-0.1, -0.05) is 13.0 Å². The van der Waals surface area contributed by atoms with Crippen molar-refractivity contribution in [1.82, 2.24) is 25.2 Å². The van der Waals surface area contributed by atoms with Crippen LogP contribution in [0.5, 0.6) is 0 Å². The van der Waals surface area contributed by atoms with E-state index in [1.54, 1.807) is 6.26 Å². The largest absolute Gasteiger partial charge is 0.469 e. The second kappa shape index (κ2) is 8.14. The molecule has 3 aromatic heterocycles. The van der Waals surface area contributed by atoms with E-state index >= 15 is 0 Å². The fourth-order valence-corrected chi connectivity index (χ4v) is 2.33. The van der Waals surface area contributed by atoms with E-state index in [0.717, 1.165) is 49.1 Å². The van der Waals surface area contributed by atoms with Crippen molar-refractivity contribution in [3.05, 3.63) is 54.4 Å². The Morgan fingerprint density at radius 3 is 2.92 bits per heavy atom. The number of aliphatic imine (C=N–C) groups is 1. The Morgan fingerprint density at radius 1 is 1.17 bits per heavy atom. The second-order valence-electron chi connectivity index (χ2n) is 5.39. The standard InChI is InChI=1S/C17H22N6O/c1-2-9-18-17(19-10-8-14-6-5-12-24-14)20-13-16-22-21-15-7-3-4-11-23(15)16/h3-7,11-12H,2,8-10,13H2,1H3,(H2,18,19,20). The molecule has 7 nitrogen and oxygen atoms in total. The lowest BCUT2D eigenvalue weighted by Gasteiger charge is -2.11. The molecule has 24 heavy (non-hydrogen) atoms. The van der Waals surface area contributed by atoms with E-state index in [2.05, 4.69) is 32.7 Å². The van der Waals surface area contributed by atoms with Crippen molar-refractivity contribution in [3.63, 3.8) is 0 Å². The van der Waals surface area contributed by atoms with Gasteiger partial charge in [-0.3, -0.25) is 4.40 Å². The number of rotatable bonds is 7. The van der Waals surface area contributed by atoms with Crippen molar-refractivity contribution >= 4 is 11.6 Å². The van der Waals surface area contributed by atoms with Gasteiger partial charge in [-0.2, -0.15) is 0 Å². The SMILES string of the molecule is CCCNC(=NCc1nnc2ccccn12)NCCc1ccco1. The summed E-state index contributed by atoms with van der Waals surface area (Å²) in [5.74, 6) is 2.55. The monoisotopic (exact) mass is 326 g/mol. The number of aromatic nitrogens is 3. The smallest absolute Gasteiger partial charge is 0.191 e. The van der Waals surface area contributed by atoms with Gasteiger partial charge in [0.05, 0.1) is 6.26 Å². The topological polar surface area (TPSA) is 79.8 Å². The number of hydrogen-bond acceptors (Lipinski definition) is 4. The molecule has 0 spiro atoms. The summed E-state index contributed by atoms with van der Waals surface area (Å²) >= 11 is 0. The van der Waals surface area contributed by atoms with Crippen LogP contribution in [0.1, 0.15) is 24.9 Å². The lowest BCUT2D eigenvalue weighted by Crippen LogP contribution is -2.38. The maximum Gasteiger partial charge on any atom is 0.191 e. The molecular weight excluding hydrogens is 304 g/mol. The number of hydrogen-bond donors (Lipinski definition) is 2. The number of guanidine groups is 1. The summed E-state index contributed by atoms with van der Waals surface area (Å²) in [5.41, 5.74) is 0.830. The number of nitrogens with zero attached hydrogens (tertiary/aromatic N) is 4. The third kappa shape index (κ3) is 4.13. The average molecular weight is 326 g/mol. The highest BCUT2D eigenvalue weighted by Gasteiger charge is 2.05. The third-order valence-corrected chi connectivity index (χ3v) is 3.55. The first-order valence-corrected chi connectivity index (χ1v) is 8.20. The molecule has 0 aliphatic carbocycles. The predicted molar refractivity (Wildman–Crippen MR) is 92.8 cm³/mol. The number of fused-ring (bicyclic) bond motifs is 1. The number of nitrogens with one attached hydrogen (secondary N) is 2. The van der Waals surface area contributed by atoms with Gasteiger partial charge in [-0.15, -0.1) is 10.2 Å². The summed E-state index contributed by atoms with van der Waals surface area (Å²) in [6.45, 7) is 4.21. The Bertz CT molecular complexity index is 777. The van der Waals surface area contributed by atoms with Crippen molar-refractivity contribution in [2.24, 2.45) is 4.99 Å². The van der Waals surface area contributed by atoms with E-state index in [4.69, 9.17) is 4.42 Å². The van der Waals surface area contributed by atoms with Gasteiger partial charge >= 0.3 is 0 Å². The lowest BCUT2D eigenvalue weighted by atomic mass is 10.3. The van der Waals surface area contributed by atoms with Gasteiger partial charge in [0.25, 0.3) is 0 Å². The molecule has 3 rings (SSSR count). The van der Waals surface area contributed by atoms with Crippen LogP contribution in [-0.2, 0) is 13.0 Å². The Hall–Kier alpha value is -2.83. The second-order valence-corrected chi connectivity index (χ2v) is 5.39. The van der Waals surface area contributed by atoms with Crippen LogP contribution in [0.15, 0.2) is 52.2 Å². The van der Waals surface area contributed by atoms with Crippen LogP contribution in [0.2, 0.25) is 0 Å². The van der Waals surface area contributed by atoms with Crippen LogP contribution in [0, 0.1) is 0 Å². The molecule has 0 amide bonds. The van der Waals surface area contributed by atoms with E-state index < -0.39 is 0 Å². The van der Waals surface area contributed by atoms with Gasteiger partial charge in [-0.25, -0.2) is 4.99 Å². The molecule has 3 heterocycles. The molecule has 0 saturated heterocycles. The molecule has 3 aromatic rings. The van der Waals surface area contributed by atoms with Gasteiger partial charge in [0.15, 0.2) is 17.4 Å². The first-order valence-electron chi connectivity index (χ1n) is 8.20. The number of furan rings is 1. The minimum Gasteiger partial charge on any atom is -0.469 e. The van der Waals surface area contributed by atoms with Gasteiger partial charge in [0.2, 0.25) is 0 Å².